The Bertz CT molecular complexity index is 288. The van der Waals surface area contributed by atoms with Gasteiger partial charge in [0.2, 0.25) is 0 Å². The van der Waals surface area contributed by atoms with E-state index in [-0.39, 0.29) is 6.61 Å². The van der Waals surface area contributed by atoms with E-state index in [1.54, 1.807) is 18.2 Å². The smallest absolute Gasteiger partial charge is 0.126 e. The molecule has 0 bridgehead atoms. The van der Waals surface area contributed by atoms with Gasteiger partial charge < -0.3 is 14.9 Å². The highest BCUT2D eigenvalue weighted by Gasteiger charge is 2.15. The first-order valence-corrected chi connectivity index (χ1v) is 4.19. The predicted octanol–water partition coefficient (Wildman–Crippen LogP) is 1.37. The molecule has 0 amide bonds. The van der Waals surface area contributed by atoms with Crippen molar-refractivity contribution in [1.82, 2.24) is 0 Å². The molecule has 0 radical (unpaired) electrons. The zero-order valence-electron chi connectivity index (χ0n) is 7.20. The zero-order valence-corrected chi connectivity index (χ0v) is 7.95. The first-order valence-electron chi connectivity index (χ1n) is 3.82. The van der Waals surface area contributed by atoms with Crippen molar-refractivity contribution in [3.63, 3.8) is 0 Å². The number of ether oxygens (including phenoxy) is 1. The van der Waals surface area contributed by atoms with Gasteiger partial charge in [0.05, 0.1) is 18.7 Å². The topological polar surface area (TPSA) is 49.7 Å². The van der Waals surface area contributed by atoms with E-state index in [0.29, 0.717) is 16.3 Å². The molecule has 13 heavy (non-hydrogen) atoms. The quantitative estimate of drug-likeness (QED) is 0.779. The molecule has 0 aliphatic carbocycles. The highest BCUT2D eigenvalue weighted by molar-refractivity contribution is 6.31. The fraction of sp³-hybridized carbons (Fsp3) is 0.333. The third kappa shape index (κ3) is 2.12. The first kappa shape index (κ1) is 10.3. The van der Waals surface area contributed by atoms with Gasteiger partial charge in [0.1, 0.15) is 11.9 Å². The lowest BCUT2D eigenvalue weighted by atomic mass is 10.1. The number of aliphatic hydroxyl groups is 2. The minimum absolute atomic E-state index is 0.375. The van der Waals surface area contributed by atoms with Crippen molar-refractivity contribution in [3.05, 3.63) is 28.8 Å². The average molecular weight is 203 g/mol. The van der Waals surface area contributed by atoms with Crippen molar-refractivity contribution in [2.45, 2.75) is 6.10 Å². The van der Waals surface area contributed by atoms with Crippen molar-refractivity contribution in [1.29, 1.82) is 0 Å². The second-order valence-corrected chi connectivity index (χ2v) is 2.96. The van der Waals surface area contributed by atoms with Crippen LogP contribution in [0.25, 0.3) is 0 Å². The molecule has 0 aliphatic rings. The van der Waals surface area contributed by atoms with Crippen LogP contribution in [-0.2, 0) is 0 Å². The van der Waals surface area contributed by atoms with E-state index in [4.69, 9.17) is 21.4 Å². The minimum atomic E-state index is -0.997. The lowest BCUT2D eigenvalue weighted by molar-refractivity contribution is 0.0934. The summed E-state index contributed by atoms with van der Waals surface area (Å²) in [4.78, 5) is 0. The Morgan fingerprint density at radius 3 is 2.77 bits per heavy atom. The van der Waals surface area contributed by atoms with E-state index in [1.807, 2.05) is 0 Å². The number of rotatable bonds is 3. The summed E-state index contributed by atoms with van der Waals surface area (Å²) in [6.45, 7) is -0.375. The molecule has 1 aromatic rings. The molecule has 1 unspecified atom stereocenters. The Kier molecular flexibility index (Phi) is 3.54. The summed E-state index contributed by atoms with van der Waals surface area (Å²) < 4.78 is 4.99. The van der Waals surface area contributed by atoms with Gasteiger partial charge in [0, 0.05) is 5.56 Å². The van der Waals surface area contributed by atoms with Crippen LogP contribution < -0.4 is 4.74 Å². The Hall–Kier alpha value is -0.770. The number of hydrogen-bond acceptors (Lipinski definition) is 3. The van der Waals surface area contributed by atoms with Crippen LogP contribution in [0.15, 0.2) is 18.2 Å². The summed E-state index contributed by atoms with van der Waals surface area (Å²) in [7, 11) is 1.49. The maximum absolute atomic E-state index is 9.41. The molecule has 0 spiro atoms. The average Bonchev–Trinajstić information content (AvgIpc) is 2.16. The molecule has 1 aromatic carbocycles. The number of benzene rings is 1. The van der Waals surface area contributed by atoms with Gasteiger partial charge >= 0.3 is 0 Å². The third-order valence-corrected chi connectivity index (χ3v) is 2.07. The molecule has 2 N–H and O–H groups in total. The van der Waals surface area contributed by atoms with Crippen molar-refractivity contribution < 1.29 is 14.9 Å². The lowest BCUT2D eigenvalue weighted by Gasteiger charge is -2.13. The summed E-state index contributed by atoms with van der Waals surface area (Å²) >= 11 is 5.83. The molecule has 0 fully saturated rings. The molecule has 72 valence electrons. The van der Waals surface area contributed by atoms with E-state index >= 15 is 0 Å². The molecule has 3 nitrogen and oxygen atoms in total. The molecule has 0 heterocycles. The first-order chi connectivity index (χ1) is 6.20. The lowest BCUT2D eigenvalue weighted by Crippen LogP contribution is -2.05. The largest absolute Gasteiger partial charge is 0.496 e. The van der Waals surface area contributed by atoms with Crippen LogP contribution in [0.5, 0.6) is 5.75 Å². The summed E-state index contributed by atoms with van der Waals surface area (Å²) in [5, 5.41) is 18.6. The van der Waals surface area contributed by atoms with Crippen LogP contribution >= 0.6 is 11.6 Å². The zero-order chi connectivity index (χ0) is 9.84. The highest BCUT2D eigenvalue weighted by Crippen LogP contribution is 2.31. The van der Waals surface area contributed by atoms with E-state index in [0.717, 1.165) is 0 Å². The van der Waals surface area contributed by atoms with Crippen molar-refractivity contribution in [2.24, 2.45) is 0 Å². The van der Waals surface area contributed by atoms with Crippen LogP contribution in [0.3, 0.4) is 0 Å². The van der Waals surface area contributed by atoms with Crippen molar-refractivity contribution >= 4 is 11.6 Å². The van der Waals surface area contributed by atoms with Crippen molar-refractivity contribution in [3.8, 4) is 5.75 Å². The standard InChI is InChI=1S/C9H11ClO3/c1-13-8-4-2-3-6(10)9(8)7(12)5-11/h2-4,7,11-12H,5H2,1H3. The minimum Gasteiger partial charge on any atom is -0.496 e. The number of hydrogen-bond donors (Lipinski definition) is 2. The fourth-order valence-corrected chi connectivity index (χ4v) is 1.40. The molecule has 0 saturated carbocycles. The molecule has 0 saturated heterocycles. The summed E-state index contributed by atoms with van der Waals surface area (Å²) in [6.07, 6.45) is -0.997. The van der Waals surface area contributed by atoms with Crippen LogP contribution in [0.2, 0.25) is 5.02 Å². The molecular formula is C9H11ClO3. The number of aliphatic hydroxyl groups excluding tert-OH is 2. The SMILES string of the molecule is COc1cccc(Cl)c1C(O)CO. The van der Waals surface area contributed by atoms with Gasteiger partial charge in [-0.2, -0.15) is 0 Å². The van der Waals surface area contributed by atoms with Gasteiger partial charge in [-0.15, -0.1) is 0 Å². The van der Waals surface area contributed by atoms with Crippen molar-refractivity contribution in [2.75, 3.05) is 13.7 Å². The Labute approximate surface area is 81.5 Å². The molecule has 0 aromatic heterocycles. The molecular weight excluding hydrogens is 192 g/mol. The third-order valence-electron chi connectivity index (χ3n) is 1.74. The van der Waals surface area contributed by atoms with Gasteiger partial charge in [-0.25, -0.2) is 0 Å². The van der Waals surface area contributed by atoms with Gasteiger partial charge in [0.15, 0.2) is 0 Å². The maximum atomic E-state index is 9.41. The maximum Gasteiger partial charge on any atom is 0.126 e. The van der Waals surface area contributed by atoms with Gasteiger partial charge in [-0.05, 0) is 12.1 Å². The fourth-order valence-electron chi connectivity index (χ4n) is 1.11. The molecule has 4 heteroatoms. The summed E-state index contributed by atoms with van der Waals surface area (Å²) in [5.74, 6) is 0.481. The van der Waals surface area contributed by atoms with Crippen LogP contribution in [0, 0.1) is 0 Å². The van der Waals surface area contributed by atoms with Crippen LogP contribution in [-0.4, -0.2) is 23.9 Å². The van der Waals surface area contributed by atoms with Gasteiger partial charge in [0.25, 0.3) is 0 Å². The van der Waals surface area contributed by atoms with E-state index in [2.05, 4.69) is 0 Å². The van der Waals surface area contributed by atoms with E-state index in [9.17, 15) is 5.11 Å². The van der Waals surface area contributed by atoms with Gasteiger partial charge in [-0.1, -0.05) is 17.7 Å². The Morgan fingerprint density at radius 2 is 2.23 bits per heavy atom. The number of halogens is 1. The second kappa shape index (κ2) is 4.46. The molecule has 1 atom stereocenters. The highest BCUT2D eigenvalue weighted by atomic mass is 35.5. The predicted molar refractivity (Wildman–Crippen MR) is 50.0 cm³/mol. The Morgan fingerprint density at radius 1 is 1.54 bits per heavy atom. The van der Waals surface area contributed by atoms with Crippen LogP contribution in [0.4, 0.5) is 0 Å². The normalized spacial score (nSPS) is 12.6. The monoisotopic (exact) mass is 202 g/mol. The van der Waals surface area contributed by atoms with E-state index in [1.165, 1.54) is 7.11 Å². The summed E-state index contributed by atoms with van der Waals surface area (Å²) in [5.41, 5.74) is 0.425. The van der Waals surface area contributed by atoms with Gasteiger partial charge in [-0.3, -0.25) is 0 Å². The summed E-state index contributed by atoms with van der Waals surface area (Å²) in [6, 6.07) is 5.03. The van der Waals surface area contributed by atoms with Crippen LogP contribution in [0.1, 0.15) is 11.7 Å². The second-order valence-electron chi connectivity index (χ2n) is 2.55. The van der Waals surface area contributed by atoms with E-state index < -0.39 is 6.10 Å². The molecule has 1 rings (SSSR count). The number of methoxy groups -OCH3 is 1. The molecule has 0 aliphatic heterocycles. The Balaban J connectivity index is 3.14.